The normalized spacial score (nSPS) is 8.62. The molecule has 0 unspecified atom stereocenters. The summed E-state index contributed by atoms with van der Waals surface area (Å²) < 4.78 is 0. The van der Waals surface area contributed by atoms with Crippen molar-refractivity contribution in [3.63, 3.8) is 0 Å². The van der Waals surface area contributed by atoms with E-state index < -0.39 is 11.2 Å². The molecule has 46 valence electrons. The molecule has 0 aliphatic heterocycles. The van der Waals surface area contributed by atoms with Crippen LogP contribution in [0, 0.1) is 0 Å². The number of carbonyl (C=O) groups excluding carboxylic acids is 2. The van der Waals surface area contributed by atoms with Gasteiger partial charge in [-0.15, -0.1) is 0 Å². The van der Waals surface area contributed by atoms with Gasteiger partial charge in [0.25, 0.3) is 0 Å². The zero-order valence-corrected chi connectivity index (χ0v) is 4.77. The minimum atomic E-state index is -1.25. The van der Waals surface area contributed by atoms with Crippen LogP contribution >= 0.6 is 11.6 Å². The number of carbonyl (C=O) groups is 2. The van der Waals surface area contributed by atoms with E-state index in [2.05, 4.69) is 0 Å². The molecule has 0 heterocycles. The zero-order chi connectivity index (χ0) is 6.57. The van der Waals surface area contributed by atoms with Crippen molar-refractivity contribution < 1.29 is 14.7 Å². The molecule has 0 aromatic rings. The standard InChI is InChI=1S/C4H5ClO3/c5-3(6)1-2-4(7)8/h1-2H2,(H,7,8)/p-1. The van der Waals surface area contributed by atoms with Crippen LogP contribution in [0.3, 0.4) is 0 Å². The molecule has 3 nitrogen and oxygen atoms in total. The van der Waals surface area contributed by atoms with Crippen molar-refractivity contribution in [2.75, 3.05) is 0 Å². The van der Waals surface area contributed by atoms with Gasteiger partial charge in [0.15, 0.2) is 0 Å². The molecule has 0 atom stereocenters. The van der Waals surface area contributed by atoms with E-state index in [0.29, 0.717) is 0 Å². The first-order valence-electron chi connectivity index (χ1n) is 2.01. The number of aliphatic carboxylic acids is 1. The summed E-state index contributed by atoms with van der Waals surface area (Å²) in [6.07, 6.45) is -0.438. The number of carboxylic acid groups (broad SMARTS) is 1. The van der Waals surface area contributed by atoms with Crippen LogP contribution in [-0.2, 0) is 9.59 Å². The number of hydrogen-bond donors (Lipinski definition) is 0. The summed E-state index contributed by atoms with van der Waals surface area (Å²) in [6.45, 7) is 0. The van der Waals surface area contributed by atoms with Gasteiger partial charge in [0.2, 0.25) is 5.24 Å². The Bertz CT molecular complexity index is 95.9. The van der Waals surface area contributed by atoms with Crippen LogP contribution in [0.4, 0.5) is 0 Å². The topological polar surface area (TPSA) is 57.2 Å². The Kier molecular flexibility index (Phi) is 3.19. The second-order valence-corrected chi connectivity index (χ2v) is 1.65. The molecule has 0 saturated carbocycles. The smallest absolute Gasteiger partial charge is 0.222 e. The van der Waals surface area contributed by atoms with Crippen LogP contribution in [-0.4, -0.2) is 11.2 Å². The lowest BCUT2D eigenvalue weighted by Gasteiger charge is -1.94. The molecule has 0 aromatic heterocycles. The fourth-order valence-electron chi connectivity index (χ4n) is 0.200. The van der Waals surface area contributed by atoms with Gasteiger partial charge in [0.1, 0.15) is 0 Å². The van der Waals surface area contributed by atoms with Gasteiger partial charge in [-0.2, -0.15) is 0 Å². The monoisotopic (exact) mass is 135 g/mol. The molecule has 0 radical (unpaired) electrons. The molecule has 0 rings (SSSR count). The molecule has 0 spiro atoms. The average molecular weight is 136 g/mol. The van der Waals surface area contributed by atoms with Gasteiger partial charge in [-0.1, -0.05) is 0 Å². The third-order valence-corrected chi connectivity index (χ3v) is 0.715. The fourth-order valence-corrected chi connectivity index (χ4v) is 0.295. The summed E-state index contributed by atoms with van der Waals surface area (Å²) in [5.41, 5.74) is 0. The second kappa shape index (κ2) is 3.43. The quantitative estimate of drug-likeness (QED) is 0.480. The Balaban J connectivity index is 3.18. The Morgan fingerprint density at radius 1 is 1.38 bits per heavy atom. The van der Waals surface area contributed by atoms with Crippen molar-refractivity contribution in [3.05, 3.63) is 0 Å². The number of hydrogen-bond acceptors (Lipinski definition) is 3. The third-order valence-electron chi connectivity index (χ3n) is 0.526. The van der Waals surface area contributed by atoms with Crippen LogP contribution in [0.5, 0.6) is 0 Å². The largest absolute Gasteiger partial charge is 0.550 e. The molecule has 0 aliphatic carbocycles. The molecule has 0 bridgehead atoms. The highest BCUT2D eigenvalue weighted by Crippen LogP contribution is 1.91. The Hall–Kier alpha value is -0.570. The van der Waals surface area contributed by atoms with Crippen LogP contribution in [0.1, 0.15) is 12.8 Å². The summed E-state index contributed by atoms with van der Waals surface area (Å²) in [4.78, 5) is 19.4. The fraction of sp³-hybridized carbons (Fsp3) is 0.500. The molecular weight excluding hydrogens is 131 g/mol. The first-order chi connectivity index (χ1) is 3.63. The zero-order valence-electron chi connectivity index (χ0n) is 4.02. The predicted octanol–water partition coefficient (Wildman–Crippen LogP) is -0.718. The van der Waals surface area contributed by atoms with Gasteiger partial charge in [0, 0.05) is 12.4 Å². The lowest BCUT2D eigenvalue weighted by atomic mass is 10.3. The molecule has 0 N–H and O–H groups in total. The van der Waals surface area contributed by atoms with E-state index in [1.54, 1.807) is 0 Å². The highest BCUT2D eigenvalue weighted by Gasteiger charge is 1.93. The van der Waals surface area contributed by atoms with Crippen LogP contribution < -0.4 is 5.11 Å². The number of halogens is 1. The first-order valence-corrected chi connectivity index (χ1v) is 2.39. The van der Waals surface area contributed by atoms with Crippen molar-refractivity contribution in [1.29, 1.82) is 0 Å². The van der Waals surface area contributed by atoms with Crippen LogP contribution in [0.2, 0.25) is 0 Å². The van der Waals surface area contributed by atoms with Gasteiger partial charge >= 0.3 is 0 Å². The summed E-state index contributed by atoms with van der Waals surface area (Å²) in [5, 5.41) is 8.94. The van der Waals surface area contributed by atoms with Crippen molar-refractivity contribution in [1.82, 2.24) is 0 Å². The van der Waals surface area contributed by atoms with E-state index in [-0.39, 0.29) is 12.8 Å². The maximum Gasteiger partial charge on any atom is 0.222 e. The lowest BCUT2D eigenvalue weighted by molar-refractivity contribution is -0.305. The maximum absolute atomic E-state index is 9.82. The van der Waals surface area contributed by atoms with Crippen molar-refractivity contribution in [2.45, 2.75) is 12.8 Å². The van der Waals surface area contributed by atoms with Crippen LogP contribution in [0.15, 0.2) is 0 Å². The predicted molar refractivity (Wildman–Crippen MR) is 25.1 cm³/mol. The van der Waals surface area contributed by atoms with E-state index in [0.717, 1.165) is 0 Å². The van der Waals surface area contributed by atoms with Crippen molar-refractivity contribution in [2.24, 2.45) is 0 Å². The van der Waals surface area contributed by atoms with Crippen molar-refractivity contribution in [3.8, 4) is 0 Å². The summed E-state index contributed by atoms with van der Waals surface area (Å²) in [7, 11) is 0. The summed E-state index contributed by atoms with van der Waals surface area (Å²) >= 11 is 4.79. The maximum atomic E-state index is 9.82. The molecule has 4 heteroatoms. The number of carboxylic acids is 1. The summed E-state index contributed by atoms with van der Waals surface area (Å²) in [5.74, 6) is -1.25. The van der Waals surface area contributed by atoms with Gasteiger partial charge in [-0.25, -0.2) is 0 Å². The molecule has 0 amide bonds. The van der Waals surface area contributed by atoms with Gasteiger partial charge in [-0.05, 0) is 18.0 Å². The van der Waals surface area contributed by atoms with Crippen LogP contribution in [0.25, 0.3) is 0 Å². The highest BCUT2D eigenvalue weighted by molar-refractivity contribution is 6.63. The molecule has 0 saturated heterocycles. The molecule has 8 heavy (non-hydrogen) atoms. The van der Waals surface area contributed by atoms with E-state index in [1.165, 1.54) is 0 Å². The van der Waals surface area contributed by atoms with Gasteiger partial charge in [0.05, 0.1) is 0 Å². The summed E-state index contributed by atoms with van der Waals surface area (Å²) in [6, 6.07) is 0. The molecule has 0 aromatic carbocycles. The second-order valence-electron chi connectivity index (χ2n) is 1.23. The number of rotatable bonds is 3. The first kappa shape index (κ1) is 7.43. The third kappa shape index (κ3) is 5.43. The SMILES string of the molecule is O=C([O-])CCC(=O)Cl. The minimum Gasteiger partial charge on any atom is -0.550 e. The van der Waals surface area contributed by atoms with Gasteiger partial charge < -0.3 is 9.90 Å². The Morgan fingerprint density at radius 2 is 1.88 bits per heavy atom. The lowest BCUT2D eigenvalue weighted by Crippen LogP contribution is -2.22. The van der Waals surface area contributed by atoms with Gasteiger partial charge in [-0.3, -0.25) is 4.79 Å². The molecular formula is C4H4ClO3-. The van der Waals surface area contributed by atoms with Crippen molar-refractivity contribution >= 4 is 22.8 Å². The molecule has 0 fully saturated rings. The molecule has 0 aliphatic rings. The van der Waals surface area contributed by atoms with E-state index >= 15 is 0 Å². The average Bonchev–Trinajstić information content (AvgIpc) is 1.61. The van der Waals surface area contributed by atoms with E-state index in [1.807, 2.05) is 0 Å². The Morgan fingerprint density at radius 3 is 2.00 bits per heavy atom. The highest BCUT2D eigenvalue weighted by atomic mass is 35.5. The minimum absolute atomic E-state index is 0.149. The Labute approximate surface area is 51.3 Å². The van der Waals surface area contributed by atoms with E-state index in [4.69, 9.17) is 11.6 Å². The van der Waals surface area contributed by atoms with E-state index in [9.17, 15) is 14.7 Å².